The van der Waals surface area contributed by atoms with E-state index in [1.807, 2.05) is 11.0 Å². The van der Waals surface area contributed by atoms with E-state index in [0.717, 1.165) is 25.1 Å². The van der Waals surface area contributed by atoms with E-state index in [2.05, 4.69) is 0 Å². The minimum atomic E-state index is -0.406. The Labute approximate surface area is 117 Å². The van der Waals surface area contributed by atoms with Crippen molar-refractivity contribution in [2.45, 2.75) is 19.8 Å². The first kappa shape index (κ1) is 14.3. The molecule has 1 fully saturated rings. The van der Waals surface area contributed by atoms with Crippen molar-refractivity contribution in [3.63, 3.8) is 0 Å². The monoisotopic (exact) mass is 278 g/mol. The van der Waals surface area contributed by atoms with Gasteiger partial charge in [0.05, 0.1) is 17.4 Å². The van der Waals surface area contributed by atoms with Gasteiger partial charge in [-0.2, -0.15) is 0 Å². The van der Waals surface area contributed by atoms with Gasteiger partial charge in [-0.05, 0) is 25.8 Å². The Bertz CT molecular complexity index is 504. The molecule has 1 aromatic rings. The molecule has 1 aliphatic rings. The highest BCUT2D eigenvalue weighted by Gasteiger charge is 2.27. The van der Waals surface area contributed by atoms with Crippen molar-refractivity contribution >= 4 is 17.3 Å². The fourth-order valence-electron chi connectivity index (χ4n) is 2.47. The average molecular weight is 278 g/mol. The molecule has 6 heteroatoms. The van der Waals surface area contributed by atoms with Crippen LogP contribution in [-0.2, 0) is 9.53 Å². The summed E-state index contributed by atoms with van der Waals surface area (Å²) in [5.74, 6) is -0.328. The smallest absolute Gasteiger partial charge is 0.310 e. The Morgan fingerprint density at radius 2 is 2.35 bits per heavy atom. The molecule has 20 heavy (non-hydrogen) atoms. The molecule has 0 amide bonds. The van der Waals surface area contributed by atoms with Crippen LogP contribution in [0.4, 0.5) is 11.4 Å². The van der Waals surface area contributed by atoms with Gasteiger partial charge in [0.15, 0.2) is 0 Å². The lowest BCUT2D eigenvalue weighted by Crippen LogP contribution is -2.39. The number of benzene rings is 1. The van der Waals surface area contributed by atoms with E-state index >= 15 is 0 Å². The Balaban J connectivity index is 2.10. The molecule has 0 spiro atoms. The third kappa shape index (κ3) is 3.26. The molecule has 1 atom stereocenters. The molecule has 6 nitrogen and oxygen atoms in total. The summed E-state index contributed by atoms with van der Waals surface area (Å²) in [6.07, 6.45) is 1.69. The molecule has 1 aliphatic heterocycles. The summed E-state index contributed by atoms with van der Waals surface area (Å²) in [6.45, 7) is 3.53. The fourth-order valence-corrected chi connectivity index (χ4v) is 2.47. The van der Waals surface area contributed by atoms with E-state index in [0.29, 0.717) is 13.2 Å². The molecule has 0 N–H and O–H groups in total. The average Bonchev–Trinajstić information content (AvgIpc) is 2.48. The molecular formula is C14H18N2O4. The topological polar surface area (TPSA) is 72.7 Å². The summed E-state index contributed by atoms with van der Waals surface area (Å²) >= 11 is 0. The van der Waals surface area contributed by atoms with E-state index in [4.69, 9.17) is 4.74 Å². The summed E-state index contributed by atoms with van der Waals surface area (Å²) < 4.78 is 5.05. The minimum absolute atomic E-state index is 0.0701. The number of ether oxygens (including phenoxy) is 1. The number of non-ortho nitro benzene ring substituents is 1. The second kappa shape index (κ2) is 6.36. The first-order valence-electron chi connectivity index (χ1n) is 6.78. The molecule has 1 aromatic carbocycles. The predicted molar refractivity (Wildman–Crippen MR) is 74.7 cm³/mol. The van der Waals surface area contributed by atoms with Crippen LogP contribution >= 0.6 is 0 Å². The van der Waals surface area contributed by atoms with Gasteiger partial charge in [0.2, 0.25) is 0 Å². The lowest BCUT2D eigenvalue weighted by atomic mass is 9.97. The molecule has 1 heterocycles. The Kier molecular flexibility index (Phi) is 4.55. The number of hydrogen-bond donors (Lipinski definition) is 0. The SMILES string of the molecule is CCOC(=O)C1CCCN(c2cccc([N+](=O)[O-])c2)C1. The summed E-state index contributed by atoms with van der Waals surface area (Å²) in [4.78, 5) is 24.2. The van der Waals surface area contributed by atoms with Gasteiger partial charge in [0.1, 0.15) is 0 Å². The third-order valence-corrected chi connectivity index (χ3v) is 3.45. The maximum atomic E-state index is 11.8. The maximum absolute atomic E-state index is 11.8. The number of nitro benzene ring substituents is 1. The second-order valence-electron chi connectivity index (χ2n) is 4.81. The van der Waals surface area contributed by atoms with Gasteiger partial charge < -0.3 is 9.64 Å². The molecule has 0 aliphatic carbocycles. The molecule has 1 unspecified atom stereocenters. The van der Waals surface area contributed by atoms with Gasteiger partial charge in [-0.25, -0.2) is 0 Å². The summed E-state index contributed by atoms with van der Waals surface area (Å²) in [6, 6.07) is 6.52. The first-order chi connectivity index (χ1) is 9.61. The van der Waals surface area contributed by atoms with Gasteiger partial charge in [-0.15, -0.1) is 0 Å². The number of piperidine rings is 1. The lowest BCUT2D eigenvalue weighted by molar-refractivity contribution is -0.384. The second-order valence-corrected chi connectivity index (χ2v) is 4.81. The van der Waals surface area contributed by atoms with Gasteiger partial charge in [0, 0.05) is 30.9 Å². The number of hydrogen-bond acceptors (Lipinski definition) is 5. The highest BCUT2D eigenvalue weighted by atomic mass is 16.6. The number of anilines is 1. The molecule has 0 aromatic heterocycles. The minimum Gasteiger partial charge on any atom is -0.466 e. The predicted octanol–water partition coefficient (Wildman–Crippen LogP) is 2.37. The molecule has 0 bridgehead atoms. The van der Waals surface area contributed by atoms with E-state index in [1.165, 1.54) is 6.07 Å². The van der Waals surface area contributed by atoms with Gasteiger partial charge >= 0.3 is 5.97 Å². The molecule has 1 saturated heterocycles. The molecule has 0 saturated carbocycles. The van der Waals surface area contributed by atoms with Crippen LogP contribution in [-0.4, -0.2) is 30.6 Å². The van der Waals surface area contributed by atoms with Crippen LogP contribution in [0.15, 0.2) is 24.3 Å². The summed E-state index contributed by atoms with van der Waals surface area (Å²) in [5.41, 5.74) is 0.856. The van der Waals surface area contributed by atoms with Crippen LogP contribution < -0.4 is 4.90 Å². The van der Waals surface area contributed by atoms with Crippen LogP contribution in [0.1, 0.15) is 19.8 Å². The number of nitrogens with zero attached hydrogens (tertiary/aromatic N) is 2. The van der Waals surface area contributed by atoms with Crippen molar-refractivity contribution in [1.29, 1.82) is 0 Å². The van der Waals surface area contributed by atoms with Crippen LogP contribution in [0.25, 0.3) is 0 Å². The van der Waals surface area contributed by atoms with Crippen LogP contribution in [0.5, 0.6) is 0 Å². The number of carbonyl (C=O) groups excluding carboxylic acids is 1. The number of rotatable bonds is 4. The van der Waals surface area contributed by atoms with E-state index in [9.17, 15) is 14.9 Å². The van der Waals surface area contributed by atoms with Crippen molar-refractivity contribution in [3.05, 3.63) is 34.4 Å². The van der Waals surface area contributed by atoms with Crippen molar-refractivity contribution in [2.75, 3.05) is 24.6 Å². The van der Waals surface area contributed by atoms with Gasteiger partial charge in [-0.1, -0.05) is 6.07 Å². The zero-order valence-corrected chi connectivity index (χ0v) is 11.4. The quantitative estimate of drug-likeness (QED) is 0.480. The van der Waals surface area contributed by atoms with Crippen molar-refractivity contribution in [2.24, 2.45) is 5.92 Å². The van der Waals surface area contributed by atoms with E-state index in [1.54, 1.807) is 19.1 Å². The molecule has 2 rings (SSSR count). The van der Waals surface area contributed by atoms with Crippen molar-refractivity contribution in [1.82, 2.24) is 0 Å². The Morgan fingerprint density at radius 1 is 1.55 bits per heavy atom. The number of esters is 1. The van der Waals surface area contributed by atoms with E-state index < -0.39 is 4.92 Å². The summed E-state index contributed by atoms with van der Waals surface area (Å²) in [5, 5.41) is 10.8. The number of carbonyl (C=O) groups is 1. The van der Waals surface area contributed by atoms with Crippen LogP contribution in [0, 0.1) is 16.0 Å². The zero-order chi connectivity index (χ0) is 14.5. The zero-order valence-electron chi connectivity index (χ0n) is 11.4. The highest BCUT2D eigenvalue weighted by molar-refractivity contribution is 5.73. The standard InChI is InChI=1S/C14H18N2O4/c1-2-20-14(17)11-5-4-8-15(10-11)12-6-3-7-13(9-12)16(18)19/h3,6-7,9,11H,2,4-5,8,10H2,1H3. The largest absolute Gasteiger partial charge is 0.466 e. The summed E-state index contributed by atoms with van der Waals surface area (Å²) in [7, 11) is 0. The third-order valence-electron chi connectivity index (χ3n) is 3.45. The maximum Gasteiger partial charge on any atom is 0.310 e. The Hall–Kier alpha value is -2.11. The Morgan fingerprint density at radius 3 is 3.05 bits per heavy atom. The van der Waals surface area contributed by atoms with E-state index in [-0.39, 0.29) is 17.6 Å². The lowest BCUT2D eigenvalue weighted by Gasteiger charge is -2.33. The van der Waals surface area contributed by atoms with Crippen LogP contribution in [0.3, 0.4) is 0 Å². The fraction of sp³-hybridized carbons (Fsp3) is 0.500. The molecule has 108 valence electrons. The first-order valence-corrected chi connectivity index (χ1v) is 6.78. The van der Waals surface area contributed by atoms with Gasteiger partial charge in [0.25, 0.3) is 5.69 Å². The highest BCUT2D eigenvalue weighted by Crippen LogP contribution is 2.26. The molecule has 0 radical (unpaired) electrons. The van der Waals surface area contributed by atoms with Crippen LogP contribution in [0.2, 0.25) is 0 Å². The van der Waals surface area contributed by atoms with Crippen molar-refractivity contribution < 1.29 is 14.5 Å². The number of nitro groups is 1. The van der Waals surface area contributed by atoms with Gasteiger partial charge in [-0.3, -0.25) is 14.9 Å². The normalized spacial score (nSPS) is 18.6. The molecular weight excluding hydrogens is 260 g/mol. The van der Waals surface area contributed by atoms with Crippen molar-refractivity contribution in [3.8, 4) is 0 Å².